The van der Waals surface area contributed by atoms with Crippen LogP contribution in [0, 0.1) is 11.6 Å². The van der Waals surface area contributed by atoms with Gasteiger partial charge in [-0.1, -0.05) is 12.8 Å². The number of benzene rings is 1. The van der Waals surface area contributed by atoms with Gasteiger partial charge in [-0.3, -0.25) is 0 Å². The fraction of sp³-hybridized carbons (Fsp3) is 0.538. The average molecular weight is 305 g/mol. The van der Waals surface area contributed by atoms with Crippen LogP contribution in [0.15, 0.2) is 17.0 Å². The third-order valence-corrected chi connectivity index (χ3v) is 4.34. The van der Waals surface area contributed by atoms with Crippen LogP contribution in [0.4, 0.5) is 8.78 Å². The van der Waals surface area contributed by atoms with Crippen molar-refractivity contribution in [2.75, 3.05) is 0 Å². The monoisotopic (exact) mass is 305 g/mol. The Bertz CT molecular complexity index is 582. The number of ether oxygens (including phenoxy) is 1. The summed E-state index contributed by atoms with van der Waals surface area (Å²) in [7, 11) is -4.28. The van der Waals surface area contributed by atoms with Crippen LogP contribution in [-0.2, 0) is 10.0 Å². The number of hydrogen-bond acceptors (Lipinski definition) is 3. The third kappa shape index (κ3) is 3.46. The highest BCUT2D eigenvalue weighted by atomic mass is 32.2. The van der Waals surface area contributed by atoms with E-state index in [0.717, 1.165) is 50.7 Å². The van der Waals surface area contributed by atoms with Crippen LogP contribution in [0.5, 0.6) is 5.75 Å². The molecule has 0 spiro atoms. The van der Waals surface area contributed by atoms with Gasteiger partial charge in [-0.2, -0.15) is 4.39 Å². The lowest BCUT2D eigenvalue weighted by molar-refractivity contribution is 0.173. The van der Waals surface area contributed by atoms with E-state index in [1.165, 1.54) is 0 Å². The molecule has 1 fully saturated rings. The summed E-state index contributed by atoms with van der Waals surface area (Å²) in [5, 5.41) is 4.81. The summed E-state index contributed by atoms with van der Waals surface area (Å²) >= 11 is 0. The zero-order valence-corrected chi connectivity index (χ0v) is 11.8. The molecule has 4 nitrogen and oxygen atoms in total. The summed E-state index contributed by atoms with van der Waals surface area (Å²) < 4.78 is 55.1. The molecular weight excluding hydrogens is 288 g/mol. The van der Waals surface area contributed by atoms with Crippen molar-refractivity contribution in [2.24, 2.45) is 5.14 Å². The van der Waals surface area contributed by atoms with Gasteiger partial charge in [-0.25, -0.2) is 17.9 Å². The minimum atomic E-state index is -4.28. The first-order valence-corrected chi connectivity index (χ1v) is 8.11. The Kier molecular flexibility index (Phi) is 4.59. The zero-order valence-electron chi connectivity index (χ0n) is 10.9. The number of halogens is 2. The molecule has 2 rings (SSSR count). The van der Waals surface area contributed by atoms with Gasteiger partial charge in [0.2, 0.25) is 15.8 Å². The molecule has 0 saturated heterocycles. The minimum absolute atomic E-state index is 0.160. The number of hydrogen-bond donors (Lipinski definition) is 1. The van der Waals surface area contributed by atoms with Crippen molar-refractivity contribution in [1.82, 2.24) is 0 Å². The van der Waals surface area contributed by atoms with E-state index < -0.39 is 26.6 Å². The molecule has 0 aliphatic heterocycles. The molecule has 0 atom stereocenters. The second-order valence-electron chi connectivity index (χ2n) is 4.97. The Labute approximate surface area is 117 Å². The summed E-state index contributed by atoms with van der Waals surface area (Å²) in [4.78, 5) is -0.858. The maximum atomic E-state index is 13.8. The molecule has 7 heteroatoms. The van der Waals surface area contributed by atoms with Crippen LogP contribution >= 0.6 is 0 Å². The van der Waals surface area contributed by atoms with Gasteiger partial charge in [-0.05, 0) is 37.8 Å². The molecule has 20 heavy (non-hydrogen) atoms. The van der Waals surface area contributed by atoms with Crippen LogP contribution in [0.1, 0.15) is 38.5 Å². The van der Waals surface area contributed by atoms with Crippen molar-refractivity contribution in [3.8, 4) is 5.75 Å². The summed E-state index contributed by atoms with van der Waals surface area (Å²) in [5.74, 6) is -3.05. The second-order valence-corrected chi connectivity index (χ2v) is 6.50. The van der Waals surface area contributed by atoms with E-state index in [0.29, 0.717) is 0 Å². The lowest BCUT2D eigenvalue weighted by Gasteiger charge is -2.18. The van der Waals surface area contributed by atoms with E-state index in [1.54, 1.807) is 0 Å². The fourth-order valence-corrected chi connectivity index (χ4v) is 2.96. The Morgan fingerprint density at radius 3 is 2.20 bits per heavy atom. The Balaban J connectivity index is 2.23. The van der Waals surface area contributed by atoms with Crippen molar-refractivity contribution in [3.05, 3.63) is 23.8 Å². The molecule has 2 N–H and O–H groups in total. The highest BCUT2D eigenvalue weighted by Gasteiger charge is 2.23. The maximum absolute atomic E-state index is 13.8. The highest BCUT2D eigenvalue weighted by Crippen LogP contribution is 2.28. The molecule has 0 radical (unpaired) electrons. The van der Waals surface area contributed by atoms with E-state index in [9.17, 15) is 17.2 Å². The van der Waals surface area contributed by atoms with Crippen molar-refractivity contribution in [2.45, 2.75) is 49.5 Å². The summed E-state index contributed by atoms with van der Waals surface area (Å²) in [5.41, 5.74) is 0. The van der Waals surface area contributed by atoms with E-state index in [1.807, 2.05) is 0 Å². The maximum Gasteiger partial charge on any atom is 0.241 e. The molecule has 1 aromatic carbocycles. The molecule has 0 bridgehead atoms. The van der Waals surface area contributed by atoms with Gasteiger partial charge in [-0.15, -0.1) is 0 Å². The van der Waals surface area contributed by atoms with Gasteiger partial charge in [0.1, 0.15) is 4.90 Å². The predicted octanol–water partition coefficient (Wildman–Crippen LogP) is 2.71. The van der Waals surface area contributed by atoms with E-state index >= 15 is 0 Å². The molecule has 0 amide bonds. The summed E-state index contributed by atoms with van der Waals surface area (Å²) in [6.07, 6.45) is 5.62. The Hall–Kier alpha value is -1.21. The minimum Gasteiger partial charge on any atom is -0.487 e. The van der Waals surface area contributed by atoms with E-state index in [-0.39, 0.29) is 11.9 Å². The lowest BCUT2D eigenvalue weighted by atomic mass is 10.1. The van der Waals surface area contributed by atoms with Gasteiger partial charge in [0.15, 0.2) is 11.6 Å². The summed E-state index contributed by atoms with van der Waals surface area (Å²) in [6, 6.07) is 2.04. The second kappa shape index (κ2) is 6.05. The molecule has 1 aliphatic rings. The zero-order chi connectivity index (χ0) is 14.8. The molecule has 112 valence electrons. The topological polar surface area (TPSA) is 69.4 Å². The SMILES string of the molecule is NS(=O)(=O)c1ccc(OC2CCCCCC2)c(F)c1F. The van der Waals surface area contributed by atoms with Gasteiger partial charge < -0.3 is 4.74 Å². The first-order valence-electron chi connectivity index (χ1n) is 6.57. The van der Waals surface area contributed by atoms with Crippen LogP contribution in [-0.4, -0.2) is 14.5 Å². The third-order valence-electron chi connectivity index (χ3n) is 3.41. The Morgan fingerprint density at radius 2 is 1.65 bits per heavy atom. The molecule has 0 unspecified atom stereocenters. The predicted molar refractivity (Wildman–Crippen MR) is 69.8 cm³/mol. The number of nitrogens with two attached hydrogens (primary N) is 1. The standard InChI is InChI=1S/C13H17F2NO3S/c14-12-10(19-9-5-3-1-2-4-6-9)7-8-11(13(12)15)20(16,17)18/h7-9H,1-6H2,(H2,16,17,18). The molecular formula is C13H17F2NO3S. The Morgan fingerprint density at radius 1 is 1.05 bits per heavy atom. The van der Waals surface area contributed by atoms with Crippen LogP contribution < -0.4 is 9.88 Å². The molecule has 1 aliphatic carbocycles. The van der Waals surface area contributed by atoms with Crippen molar-refractivity contribution in [3.63, 3.8) is 0 Å². The highest BCUT2D eigenvalue weighted by molar-refractivity contribution is 7.89. The molecule has 0 aromatic heterocycles. The van der Waals surface area contributed by atoms with Gasteiger partial charge in [0, 0.05) is 0 Å². The van der Waals surface area contributed by atoms with Crippen molar-refractivity contribution >= 4 is 10.0 Å². The smallest absolute Gasteiger partial charge is 0.241 e. The lowest BCUT2D eigenvalue weighted by Crippen LogP contribution is -2.18. The number of primary sulfonamides is 1. The first kappa shape index (κ1) is 15.2. The normalized spacial score (nSPS) is 17.8. The fourth-order valence-electron chi connectivity index (χ4n) is 2.36. The largest absolute Gasteiger partial charge is 0.487 e. The van der Waals surface area contributed by atoms with E-state index in [4.69, 9.17) is 9.88 Å². The van der Waals surface area contributed by atoms with Gasteiger partial charge in [0.25, 0.3) is 0 Å². The van der Waals surface area contributed by atoms with Gasteiger partial charge >= 0.3 is 0 Å². The number of sulfonamides is 1. The average Bonchev–Trinajstić information content (AvgIpc) is 2.62. The van der Waals surface area contributed by atoms with Crippen molar-refractivity contribution < 1.29 is 21.9 Å². The van der Waals surface area contributed by atoms with E-state index in [2.05, 4.69) is 0 Å². The van der Waals surface area contributed by atoms with Gasteiger partial charge in [0.05, 0.1) is 6.10 Å². The van der Waals surface area contributed by atoms with Crippen LogP contribution in [0.2, 0.25) is 0 Å². The molecule has 1 aromatic rings. The summed E-state index contributed by atoms with van der Waals surface area (Å²) in [6.45, 7) is 0. The molecule has 1 saturated carbocycles. The van der Waals surface area contributed by atoms with Crippen LogP contribution in [0.25, 0.3) is 0 Å². The van der Waals surface area contributed by atoms with Crippen molar-refractivity contribution in [1.29, 1.82) is 0 Å². The molecule has 0 heterocycles. The quantitative estimate of drug-likeness (QED) is 0.873. The van der Waals surface area contributed by atoms with Crippen LogP contribution in [0.3, 0.4) is 0 Å². The first-order chi connectivity index (χ1) is 9.39. The number of rotatable bonds is 3.